The molecule has 0 aromatic heterocycles. The van der Waals surface area contributed by atoms with Gasteiger partial charge in [-0.2, -0.15) is 13.2 Å². The number of hydrogen-bond donors (Lipinski definition) is 2. The van der Waals surface area contributed by atoms with Gasteiger partial charge in [0.1, 0.15) is 0 Å². The van der Waals surface area contributed by atoms with Crippen LogP contribution >= 0.6 is 0 Å². The number of alkyl halides is 3. The van der Waals surface area contributed by atoms with Gasteiger partial charge >= 0.3 is 6.18 Å². The average Bonchev–Trinajstić information content (AvgIpc) is 2.18. The third-order valence-electron chi connectivity index (χ3n) is 2.03. The first kappa shape index (κ1) is 13.1. The van der Waals surface area contributed by atoms with Crippen LogP contribution in [0, 0.1) is 0 Å². The molecule has 0 unspecified atom stereocenters. The fourth-order valence-corrected chi connectivity index (χ4v) is 1.20. The molecule has 0 fully saturated rings. The van der Waals surface area contributed by atoms with Crippen molar-refractivity contribution < 1.29 is 18.0 Å². The topological polar surface area (TPSA) is 69.1 Å². The van der Waals surface area contributed by atoms with E-state index in [0.29, 0.717) is 0 Å². The summed E-state index contributed by atoms with van der Waals surface area (Å²) in [7, 11) is 0. The molecule has 1 aromatic carbocycles. The molecule has 0 aliphatic heterocycles. The van der Waals surface area contributed by atoms with Crippen LogP contribution in [0.25, 0.3) is 6.08 Å². The summed E-state index contributed by atoms with van der Waals surface area (Å²) in [6.45, 7) is 0. The molecule has 6 heteroatoms. The Morgan fingerprint density at radius 1 is 1.35 bits per heavy atom. The Kier molecular flexibility index (Phi) is 3.77. The summed E-state index contributed by atoms with van der Waals surface area (Å²) in [6.07, 6.45) is -1.75. The summed E-state index contributed by atoms with van der Waals surface area (Å²) < 4.78 is 37.2. The van der Waals surface area contributed by atoms with E-state index < -0.39 is 17.6 Å². The second kappa shape index (κ2) is 4.90. The van der Waals surface area contributed by atoms with E-state index in [-0.39, 0.29) is 17.7 Å². The number of amides is 1. The summed E-state index contributed by atoms with van der Waals surface area (Å²) in [6, 6.07) is 3.00. The number of primary amides is 1. The minimum Gasteiger partial charge on any atom is -0.398 e. The number of hydrogen-bond acceptors (Lipinski definition) is 2. The third kappa shape index (κ3) is 3.82. The molecule has 0 aliphatic carbocycles. The van der Waals surface area contributed by atoms with Gasteiger partial charge in [-0.05, 0) is 23.8 Å². The van der Waals surface area contributed by atoms with Crippen LogP contribution in [-0.2, 0) is 11.0 Å². The maximum absolute atomic E-state index is 12.4. The Balaban J connectivity index is 2.99. The smallest absolute Gasteiger partial charge is 0.398 e. The van der Waals surface area contributed by atoms with Crippen molar-refractivity contribution in [3.8, 4) is 0 Å². The summed E-state index contributed by atoms with van der Waals surface area (Å²) in [5, 5.41) is 0. The third-order valence-corrected chi connectivity index (χ3v) is 2.03. The molecule has 0 saturated carbocycles. The molecule has 1 aromatic rings. The molecule has 1 amide bonds. The second-order valence-electron chi connectivity index (χ2n) is 3.41. The summed E-state index contributed by atoms with van der Waals surface area (Å²) in [4.78, 5) is 10.5. The Morgan fingerprint density at radius 2 is 2.00 bits per heavy atom. The second-order valence-corrected chi connectivity index (χ2v) is 3.41. The summed E-state index contributed by atoms with van der Waals surface area (Å²) in [5.74, 6) is -0.563. The zero-order chi connectivity index (χ0) is 13.1. The van der Waals surface area contributed by atoms with E-state index in [1.165, 1.54) is 18.2 Å². The molecule has 1 rings (SSSR count). The van der Waals surface area contributed by atoms with E-state index in [4.69, 9.17) is 11.5 Å². The summed E-state index contributed by atoms with van der Waals surface area (Å²) >= 11 is 0. The van der Waals surface area contributed by atoms with E-state index in [9.17, 15) is 18.0 Å². The van der Waals surface area contributed by atoms with Gasteiger partial charge in [-0.1, -0.05) is 12.2 Å². The Bertz CT molecular complexity index is 453. The van der Waals surface area contributed by atoms with Crippen molar-refractivity contribution in [3.63, 3.8) is 0 Å². The van der Waals surface area contributed by atoms with Crippen LogP contribution in [0.5, 0.6) is 0 Å². The van der Waals surface area contributed by atoms with Gasteiger partial charge in [0.2, 0.25) is 5.91 Å². The molecule has 0 aliphatic rings. The van der Waals surface area contributed by atoms with Crippen molar-refractivity contribution in [3.05, 3.63) is 35.4 Å². The first-order chi connectivity index (χ1) is 7.80. The highest BCUT2D eigenvalue weighted by Gasteiger charge is 2.30. The molecule has 0 radical (unpaired) electrons. The highest BCUT2D eigenvalue weighted by atomic mass is 19.4. The lowest BCUT2D eigenvalue weighted by atomic mass is 10.1. The van der Waals surface area contributed by atoms with Gasteiger partial charge in [-0.25, -0.2) is 0 Å². The number of halogens is 3. The number of carbonyl (C=O) groups excluding carboxylic acids is 1. The van der Waals surface area contributed by atoms with Crippen molar-refractivity contribution in [2.24, 2.45) is 5.73 Å². The lowest BCUT2D eigenvalue weighted by Crippen LogP contribution is -2.08. The zero-order valence-corrected chi connectivity index (χ0v) is 8.79. The fraction of sp³-hybridized carbons (Fsp3) is 0.182. The maximum Gasteiger partial charge on any atom is 0.416 e. The SMILES string of the molecule is NC(=O)CC=Cc1cc(C(F)(F)F)ccc1N. The molecule has 0 heterocycles. The van der Waals surface area contributed by atoms with Crippen molar-refractivity contribution >= 4 is 17.7 Å². The molecule has 0 spiro atoms. The normalized spacial score (nSPS) is 11.9. The van der Waals surface area contributed by atoms with Gasteiger partial charge in [0.05, 0.1) is 5.56 Å². The first-order valence-electron chi connectivity index (χ1n) is 4.72. The number of nitrogen functional groups attached to an aromatic ring is 1. The van der Waals surface area contributed by atoms with Gasteiger partial charge < -0.3 is 11.5 Å². The largest absolute Gasteiger partial charge is 0.416 e. The lowest BCUT2D eigenvalue weighted by Gasteiger charge is -2.08. The molecule has 0 bridgehead atoms. The highest BCUT2D eigenvalue weighted by Crippen LogP contribution is 2.31. The predicted octanol–water partition coefficient (Wildman–Crippen LogP) is 2.18. The average molecular weight is 244 g/mol. The summed E-state index contributed by atoms with van der Waals surface area (Å²) in [5.41, 5.74) is 10.0. The van der Waals surface area contributed by atoms with Crippen LogP contribution in [0.15, 0.2) is 24.3 Å². The quantitative estimate of drug-likeness (QED) is 0.800. The number of anilines is 1. The van der Waals surface area contributed by atoms with Crippen molar-refractivity contribution in [1.29, 1.82) is 0 Å². The van der Waals surface area contributed by atoms with Crippen LogP contribution in [0.4, 0.5) is 18.9 Å². The molecule has 92 valence electrons. The number of rotatable bonds is 3. The fourth-order valence-electron chi connectivity index (χ4n) is 1.20. The van der Waals surface area contributed by atoms with Crippen LogP contribution < -0.4 is 11.5 Å². The van der Waals surface area contributed by atoms with Crippen LogP contribution in [-0.4, -0.2) is 5.91 Å². The molecule has 17 heavy (non-hydrogen) atoms. The zero-order valence-electron chi connectivity index (χ0n) is 8.79. The van der Waals surface area contributed by atoms with Crippen LogP contribution in [0.1, 0.15) is 17.5 Å². The van der Waals surface area contributed by atoms with E-state index in [1.54, 1.807) is 0 Å². The van der Waals surface area contributed by atoms with Gasteiger partial charge in [-0.3, -0.25) is 4.79 Å². The van der Waals surface area contributed by atoms with Crippen molar-refractivity contribution in [1.82, 2.24) is 0 Å². The maximum atomic E-state index is 12.4. The first-order valence-corrected chi connectivity index (χ1v) is 4.72. The predicted molar refractivity (Wildman–Crippen MR) is 58.7 cm³/mol. The molecule has 0 saturated heterocycles. The molecule has 4 N–H and O–H groups in total. The number of carbonyl (C=O) groups is 1. The van der Waals surface area contributed by atoms with Gasteiger partial charge in [0, 0.05) is 12.1 Å². The van der Waals surface area contributed by atoms with E-state index in [2.05, 4.69) is 0 Å². The van der Waals surface area contributed by atoms with Gasteiger partial charge in [-0.15, -0.1) is 0 Å². The standard InChI is InChI=1S/C11H11F3N2O/c12-11(13,14)8-4-5-9(15)7(6-8)2-1-3-10(16)17/h1-2,4-6H,3,15H2,(H2,16,17). The van der Waals surface area contributed by atoms with Gasteiger partial charge in [0.25, 0.3) is 0 Å². The van der Waals surface area contributed by atoms with E-state index in [0.717, 1.165) is 12.1 Å². The van der Waals surface area contributed by atoms with Crippen LogP contribution in [0.3, 0.4) is 0 Å². The molecular weight excluding hydrogens is 233 g/mol. The Morgan fingerprint density at radius 3 is 2.53 bits per heavy atom. The van der Waals surface area contributed by atoms with Gasteiger partial charge in [0.15, 0.2) is 0 Å². The lowest BCUT2D eigenvalue weighted by molar-refractivity contribution is -0.137. The number of benzene rings is 1. The van der Waals surface area contributed by atoms with Crippen molar-refractivity contribution in [2.45, 2.75) is 12.6 Å². The highest BCUT2D eigenvalue weighted by molar-refractivity contribution is 5.77. The minimum atomic E-state index is -4.42. The monoisotopic (exact) mass is 244 g/mol. The Labute approximate surface area is 95.9 Å². The molecule has 3 nitrogen and oxygen atoms in total. The van der Waals surface area contributed by atoms with Crippen molar-refractivity contribution in [2.75, 3.05) is 5.73 Å². The minimum absolute atomic E-state index is 0.0459. The number of nitrogens with two attached hydrogens (primary N) is 2. The molecular formula is C11H11F3N2O. The van der Waals surface area contributed by atoms with E-state index in [1.807, 2.05) is 0 Å². The Hall–Kier alpha value is -1.98. The van der Waals surface area contributed by atoms with Crippen LogP contribution in [0.2, 0.25) is 0 Å². The van der Waals surface area contributed by atoms with E-state index >= 15 is 0 Å². The molecule has 0 atom stereocenters.